The van der Waals surface area contributed by atoms with Gasteiger partial charge in [0.05, 0.1) is 21.8 Å². The summed E-state index contributed by atoms with van der Waals surface area (Å²) in [6.07, 6.45) is 4.14. The molecule has 1 saturated carbocycles. The Kier molecular flexibility index (Phi) is 3.38. The maximum atomic E-state index is 6.32. The molecule has 1 aliphatic heterocycles. The van der Waals surface area contributed by atoms with Crippen LogP contribution in [0, 0.1) is 0 Å². The molecule has 25 heavy (non-hydrogen) atoms. The summed E-state index contributed by atoms with van der Waals surface area (Å²) in [4.78, 5) is 7.77. The predicted molar refractivity (Wildman–Crippen MR) is 98.5 cm³/mol. The summed E-state index contributed by atoms with van der Waals surface area (Å²) in [6.45, 7) is 1.11. The smallest absolute Gasteiger partial charge is 0.184 e. The van der Waals surface area contributed by atoms with Crippen molar-refractivity contribution in [3.63, 3.8) is 0 Å². The van der Waals surface area contributed by atoms with Crippen molar-refractivity contribution in [3.05, 3.63) is 35.5 Å². The first-order valence-electron chi connectivity index (χ1n) is 8.38. The molecule has 3 N–H and O–H groups in total. The predicted octanol–water partition coefficient (Wildman–Crippen LogP) is 4.31. The molecule has 5 rings (SSSR count). The van der Waals surface area contributed by atoms with E-state index in [1.807, 2.05) is 24.3 Å². The van der Waals surface area contributed by atoms with E-state index >= 15 is 0 Å². The zero-order valence-corrected chi connectivity index (χ0v) is 14.2. The number of rotatable bonds is 4. The zero-order valence-electron chi connectivity index (χ0n) is 13.4. The van der Waals surface area contributed by atoms with Crippen molar-refractivity contribution in [2.24, 2.45) is 0 Å². The van der Waals surface area contributed by atoms with E-state index in [0.717, 1.165) is 39.7 Å². The first kappa shape index (κ1) is 14.7. The van der Waals surface area contributed by atoms with E-state index in [1.165, 1.54) is 12.8 Å². The number of nitrogens with one attached hydrogen (secondary N) is 3. The van der Waals surface area contributed by atoms with Crippen molar-refractivity contribution in [2.75, 3.05) is 23.8 Å². The van der Waals surface area contributed by atoms with Gasteiger partial charge in [0.15, 0.2) is 11.5 Å². The highest BCUT2D eigenvalue weighted by Gasteiger charge is 2.23. The topological polar surface area (TPSA) is 71.2 Å². The third kappa shape index (κ3) is 2.72. The van der Waals surface area contributed by atoms with Crippen LogP contribution in [0.2, 0.25) is 5.02 Å². The second-order valence-corrected chi connectivity index (χ2v) is 6.70. The summed E-state index contributed by atoms with van der Waals surface area (Å²) < 4.78 is 11.4. The maximum Gasteiger partial charge on any atom is 0.184 e. The third-order valence-electron chi connectivity index (χ3n) is 4.36. The Morgan fingerprint density at radius 3 is 2.92 bits per heavy atom. The zero-order chi connectivity index (χ0) is 16.8. The minimum absolute atomic E-state index is 0.519. The molecule has 0 saturated heterocycles. The molecule has 0 atom stereocenters. The number of aromatic nitrogens is 2. The summed E-state index contributed by atoms with van der Waals surface area (Å²) in [7, 11) is 0. The van der Waals surface area contributed by atoms with E-state index < -0.39 is 0 Å². The Bertz CT molecular complexity index is 952. The highest BCUT2D eigenvalue weighted by Crippen LogP contribution is 2.40. The lowest BCUT2D eigenvalue weighted by Gasteiger charge is -2.21. The van der Waals surface area contributed by atoms with Crippen molar-refractivity contribution in [2.45, 2.75) is 18.9 Å². The van der Waals surface area contributed by atoms with Gasteiger partial charge < -0.3 is 25.1 Å². The van der Waals surface area contributed by atoms with Crippen LogP contribution >= 0.6 is 11.6 Å². The number of H-pyrrole nitrogens is 1. The molecule has 0 spiro atoms. The number of para-hydroxylation sites is 1. The van der Waals surface area contributed by atoms with Gasteiger partial charge in [0.25, 0.3) is 0 Å². The normalized spacial score (nSPS) is 16.0. The summed E-state index contributed by atoms with van der Waals surface area (Å²) >= 11 is 6.32. The molecule has 0 unspecified atom stereocenters. The molecular formula is C18H17ClN4O2. The van der Waals surface area contributed by atoms with Crippen LogP contribution in [0.25, 0.3) is 11.0 Å². The van der Waals surface area contributed by atoms with Crippen molar-refractivity contribution in [1.29, 1.82) is 0 Å². The van der Waals surface area contributed by atoms with Crippen molar-refractivity contribution in [3.8, 4) is 11.5 Å². The Morgan fingerprint density at radius 2 is 2.04 bits per heavy atom. The van der Waals surface area contributed by atoms with Crippen LogP contribution in [0.15, 0.2) is 30.5 Å². The molecule has 6 nitrogen and oxygen atoms in total. The number of hydrogen-bond donors (Lipinski definition) is 3. The number of ether oxygens (including phenoxy) is 2. The van der Waals surface area contributed by atoms with E-state index in [2.05, 4.69) is 20.6 Å². The largest absolute Gasteiger partial charge is 0.486 e. The van der Waals surface area contributed by atoms with Gasteiger partial charge in [0.2, 0.25) is 0 Å². The fourth-order valence-corrected chi connectivity index (χ4v) is 3.28. The first-order valence-corrected chi connectivity index (χ1v) is 8.75. The van der Waals surface area contributed by atoms with E-state index in [1.54, 1.807) is 6.20 Å². The van der Waals surface area contributed by atoms with Gasteiger partial charge in [-0.15, -0.1) is 0 Å². The molecule has 3 aromatic rings. The molecule has 3 heterocycles. The van der Waals surface area contributed by atoms with Gasteiger partial charge in [-0.3, -0.25) is 0 Å². The van der Waals surface area contributed by atoms with Crippen LogP contribution in [0.4, 0.5) is 17.2 Å². The van der Waals surface area contributed by atoms with Gasteiger partial charge in [-0.05, 0) is 25.0 Å². The average molecular weight is 357 g/mol. The van der Waals surface area contributed by atoms with Crippen LogP contribution in [-0.2, 0) is 0 Å². The third-order valence-corrected chi connectivity index (χ3v) is 4.66. The quantitative estimate of drug-likeness (QED) is 0.650. The van der Waals surface area contributed by atoms with Gasteiger partial charge in [0.1, 0.15) is 24.7 Å². The van der Waals surface area contributed by atoms with Gasteiger partial charge in [-0.1, -0.05) is 17.7 Å². The highest BCUT2D eigenvalue weighted by atomic mass is 35.5. The summed E-state index contributed by atoms with van der Waals surface area (Å²) in [6, 6.07) is 8.30. The van der Waals surface area contributed by atoms with Gasteiger partial charge in [-0.2, -0.15) is 0 Å². The summed E-state index contributed by atoms with van der Waals surface area (Å²) in [5.74, 6) is 2.19. The summed E-state index contributed by atoms with van der Waals surface area (Å²) in [5.41, 5.74) is 2.57. The van der Waals surface area contributed by atoms with Crippen molar-refractivity contribution >= 4 is 39.8 Å². The van der Waals surface area contributed by atoms with Gasteiger partial charge in [0, 0.05) is 18.3 Å². The molecule has 2 aliphatic rings. The Balaban J connectivity index is 1.55. The average Bonchev–Trinajstić information content (AvgIpc) is 3.36. The fraction of sp³-hybridized carbons (Fsp3) is 0.278. The second kappa shape index (κ2) is 5.74. The number of nitrogens with zero attached hydrogens (tertiary/aromatic N) is 1. The molecule has 0 bridgehead atoms. The maximum absolute atomic E-state index is 6.32. The van der Waals surface area contributed by atoms with E-state index in [-0.39, 0.29) is 0 Å². The van der Waals surface area contributed by atoms with E-state index in [0.29, 0.717) is 24.3 Å². The number of aromatic amines is 1. The Labute approximate surface area is 149 Å². The molecule has 1 fully saturated rings. The number of pyridine rings is 1. The lowest BCUT2D eigenvalue weighted by Crippen LogP contribution is -2.16. The number of anilines is 3. The standard InChI is InChI=1S/C18H17ClN4O2/c19-11-9-20-18-16(11)13(21-10-4-5-10)8-15(23-18)22-12-2-1-3-14-17(12)25-7-6-24-14/h1-3,8-10H,4-7H2,(H3,20,21,22,23). The number of benzene rings is 1. The molecule has 0 amide bonds. The van der Waals surface area contributed by atoms with Crippen LogP contribution in [0.5, 0.6) is 11.5 Å². The van der Waals surface area contributed by atoms with Gasteiger partial charge >= 0.3 is 0 Å². The lowest BCUT2D eigenvalue weighted by molar-refractivity contribution is 0.172. The second-order valence-electron chi connectivity index (χ2n) is 6.29. The SMILES string of the molecule is Clc1c[nH]c2nc(Nc3cccc4c3OCCO4)cc(NC3CC3)c12. The highest BCUT2D eigenvalue weighted by molar-refractivity contribution is 6.36. The van der Waals surface area contributed by atoms with E-state index in [9.17, 15) is 0 Å². The fourth-order valence-electron chi connectivity index (χ4n) is 3.03. The van der Waals surface area contributed by atoms with Crippen molar-refractivity contribution in [1.82, 2.24) is 9.97 Å². The summed E-state index contributed by atoms with van der Waals surface area (Å²) in [5, 5.41) is 8.48. The Hall–Kier alpha value is -2.60. The molecule has 0 radical (unpaired) electrons. The van der Waals surface area contributed by atoms with Crippen LogP contribution in [0.3, 0.4) is 0 Å². The molecule has 128 valence electrons. The molecular weight excluding hydrogens is 340 g/mol. The lowest BCUT2D eigenvalue weighted by atomic mass is 10.2. The van der Waals surface area contributed by atoms with E-state index in [4.69, 9.17) is 21.1 Å². The minimum Gasteiger partial charge on any atom is -0.486 e. The minimum atomic E-state index is 0.519. The van der Waals surface area contributed by atoms with Gasteiger partial charge in [-0.25, -0.2) is 4.98 Å². The monoisotopic (exact) mass is 356 g/mol. The Morgan fingerprint density at radius 1 is 1.16 bits per heavy atom. The van der Waals surface area contributed by atoms with Crippen LogP contribution in [0.1, 0.15) is 12.8 Å². The molecule has 1 aromatic carbocycles. The number of fused-ring (bicyclic) bond motifs is 2. The first-order chi connectivity index (χ1) is 12.3. The number of halogens is 1. The number of hydrogen-bond acceptors (Lipinski definition) is 5. The molecule has 1 aliphatic carbocycles. The molecule has 2 aromatic heterocycles. The van der Waals surface area contributed by atoms with Crippen LogP contribution < -0.4 is 20.1 Å². The van der Waals surface area contributed by atoms with Crippen LogP contribution in [-0.4, -0.2) is 29.2 Å². The molecule has 7 heteroatoms. The van der Waals surface area contributed by atoms with Crippen molar-refractivity contribution < 1.29 is 9.47 Å².